The number of aromatic nitrogens is 1. The van der Waals surface area contributed by atoms with Crippen LogP contribution in [-0.4, -0.2) is 42.3 Å². The van der Waals surface area contributed by atoms with Crippen molar-refractivity contribution in [2.24, 2.45) is 5.41 Å². The molecule has 10 heteroatoms. The number of hydrogen-bond acceptors (Lipinski definition) is 6. The van der Waals surface area contributed by atoms with Gasteiger partial charge in [0.25, 0.3) is 0 Å². The molecule has 1 unspecified atom stereocenters. The number of aliphatic carboxylic acids is 2. The van der Waals surface area contributed by atoms with Crippen LogP contribution in [0, 0.1) is 19.3 Å². The van der Waals surface area contributed by atoms with Crippen LogP contribution in [0.2, 0.25) is 0 Å². The molecule has 1 heterocycles. The minimum absolute atomic E-state index is 0.0651. The molecule has 0 aliphatic heterocycles. The number of carboxylic acids is 2. The van der Waals surface area contributed by atoms with E-state index in [2.05, 4.69) is 9.88 Å². The second kappa shape index (κ2) is 5.82. The topological polar surface area (TPSA) is 147 Å². The van der Waals surface area contributed by atoms with E-state index in [0.29, 0.717) is 0 Å². The fourth-order valence-electron chi connectivity index (χ4n) is 1.73. The zero-order valence-corrected chi connectivity index (χ0v) is 12.5. The van der Waals surface area contributed by atoms with Crippen LogP contribution >= 0.6 is 0 Å². The van der Waals surface area contributed by atoms with Crippen molar-refractivity contribution < 1.29 is 32.7 Å². The summed E-state index contributed by atoms with van der Waals surface area (Å²) in [6.07, 6.45) is -0.716. The predicted octanol–water partition coefficient (Wildman–Crippen LogP) is 0.135. The quantitative estimate of drug-likeness (QED) is 0.642. The van der Waals surface area contributed by atoms with Crippen molar-refractivity contribution in [3.8, 4) is 0 Å². The Balaban J connectivity index is 3.00. The molecule has 21 heavy (non-hydrogen) atoms. The van der Waals surface area contributed by atoms with Crippen LogP contribution in [0.15, 0.2) is 9.42 Å². The predicted molar refractivity (Wildman–Crippen MR) is 69.2 cm³/mol. The number of nitrogens with zero attached hydrogens (tertiary/aromatic N) is 1. The highest BCUT2D eigenvalue weighted by Gasteiger charge is 2.38. The van der Waals surface area contributed by atoms with Gasteiger partial charge in [0.15, 0.2) is 5.76 Å². The largest absolute Gasteiger partial charge is 0.481 e. The Kier molecular flexibility index (Phi) is 4.74. The summed E-state index contributed by atoms with van der Waals surface area (Å²) in [7, 11) is -4.04. The van der Waals surface area contributed by atoms with E-state index in [9.17, 15) is 18.0 Å². The minimum Gasteiger partial charge on any atom is -0.481 e. The molecule has 0 aliphatic rings. The summed E-state index contributed by atoms with van der Waals surface area (Å²) in [5, 5.41) is 21.3. The first-order valence-electron chi connectivity index (χ1n) is 5.87. The number of nitrogens with one attached hydrogen (secondary N) is 1. The summed E-state index contributed by atoms with van der Waals surface area (Å²) in [4.78, 5) is 21.7. The van der Waals surface area contributed by atoms with Crippen LogP contribution in [0.1, 0.15) is 24.8 Å². The van der Waals surface area contributed by atoms with E-state index in [1.165, 1.54) is 13.8 Å². The van der Waals surface area contributed by atoms with Gasteiger partial charge in [0.2, 0.25) is 10.0 Å². The summed E-state index contributed by atoms with van der Waals surface area (Å²) >= 11 is 0. The van der Waals surface area contributed by atoms with E-state index >= 15 is 0 Å². The molecular formula is C11H16N2O7S. The molecule has 0 saturated carbocycles. The first-order valence-corrected chi connectivity index (χ1v) is 7.35. The van der Waals surface area contributed by atoms with E-state index in [0.717, 1.165) is 6.92 Å². The maximum Gasteiger partial charge on any atom is 0.311 e. The van der Waals surface area contributed by atoms with Gasteiger partial charge in [0, 0.05) is 6.54 Å². The molecule has 9 nitrogen and oxygen atoms in total. The van der Waals surface area contributed by atoms with Crippen LogP contribution in [0.5, 0.6) is 0 Å². The molecule has 0 bridgehead atoms. The third kappa shape index (κ3) is 3.79. The number of sulfonamides is 1. The average Bonchev–Trinajstić information content (AvgIpc) is 2.66. The summed E-state index contributed by atoms with van der Waals surface area (Å²) in [6, 6.07) is 0. The Bertz CT molecular complexity index is 645. The first-order chi connectivity index (χ1) is 9.49. The van der Waals surface area contributed by atoms with Gasteiger partial charge in [-0.3, -0.25) is 9.59 Å². The zero-order valence-electron chi connectivity index (χ0n) is 11.7. The van der Waals surface area contributed by atoms with E-state index in [1.54, 1.807) is 0 Å². The lowest BCUT2D eigenvalue weighted by atomic mass is 9.87. The molecule has 0 aromatic carbocycles. The number of carbonyl (C=O) groups is 2. The molecule has 0 aliphatic carbocycles. The summed E-state index contributed by atoms with van der Waals surface area (Å²) < 4.78 is 31.1. The van der Waals surface area contributed by atoms with Crippen LogP contribution in [0.25, 0.3) is 0 Å². The average molecular weight is 320 g/mol. The lowest BCUT2D eigenvalue weighted by molar-refractivity contribution is -0.154. The van der Waals surface area contributed by atoms with Gasteiger partial charge in [-0.2, -0.15) is 0 Å². The van der Waals surface area contributed by atoms with Crippen molar-refractivity contribution >= 4 is 22.0 Å². The normalized spacial score (nSPS) is 14.6. The summed E-state index contributed by atoms with van der Waals surface area (Å²) in [5.41, 5.74) is -1.63. The first kappa shape index (κ1) is 17.1. The van der Waals surface area contributed by atoms with Crippen molar-refractivity contribution in [2.75, 3.05) is 6.54 Å². The van der Waals surface area contributed by atoms with Gasteiger partial charge in [-0.15, -0.1) is 0 Å². The molecule has 0 fully saturated rings. The van der Waals surface area contributed by atoms with E-state index in [1.807, 2.05) is 0 Å². The number of hydrogen-bond donors (Lipinski definition) is 3. The highest BCUT2D eigenvalue weighted by Crippen LogP contribution is 2.23. The van der Waals surface area contributed by atoms with Crippen molar-refractivity contribution in [1.82, 2.24) is 9.88 Å². The van der Waals surface area contributed by atoms with Gasteiger partial charge in [0.05, 0.1) is 11.8 Å². The molecule has 1 atom stereocenters. The minimum atomic E-state index is -4.04. The van der Waals surface area contributed by atoms with Crippen LogP contribution in [-0.2, 0) is 19.6 Å². The standard InChI is InChI=1S/C11H16N2O7S/c1-6-9(7(2)20-13-6)21(18,19)12-5-11(3,10(16)17)4-8(14)15/h12H,4-5H2,1-3H3,(H,14,15)(H,16,17). The molecule has 0 amide bonds. The van der Waals surface area contributed by atoms with Gasteiger partial charge in [-0.1, -0.05) is 5.16 Å². The second-order valence-corrected chi connectivity index (χ2v) is 6.62. The molecular weight excluding hydrogens is 304 g/mol. The summed E-state index contributed by atoms with van der Waals surface area (Å²) in [6.45, 7) is 3.42. The molecule has 1 aromatic rings. The van der Waals surface area contributed by atoms with Gasteiger partial charge in [-0.05, 0) is 20.8 Å². The second-order valence-electron chi connectivity index (χ2n) is 4.91. The maximum atomic E-state index is 12.1. The van der Waals surface area contributed by atoms with Crippen LogP contribution in [0.3, 0.4) is 0 Å². The van der Waals surface area contributed by atoms with Crippen molar-refractivity contribution in [2.45, 2.75) is 32.1 Å². The van der Waals surface area contributed by atoms with Gasteiger partial charge in [-0.25, -0.2) is 13.1 Å². The lowest BCUT2D eigenvalue weighted by Crippen LogP contribution is -2.42. The van der Waals surface area contributed by atoms with Gasteiger partial charge in [0.1, 0.15) is 10.6 Å². The lowest BCUT2D eigenvalue weighted by Gasteiger charge is -2.22. The molecule has 1 aromatic heterocycles. The maximum absolute atomic E-state index is 12.1. The third-order valence-corrected chi connectivity index (χ3v) is 4.59. The molecule has 0 radical (unpaired) electrons. The summed E-state index contributed by atoms with van der Waals surface area (Å²) in [5.74, 6) is -2.68. The Morgan fingerprint density at radius 3 is 2.29 bits per heavy atom. The van der Waals surface area contributed by atoms with Gasteiger partial charge < -0.3 is 14.7 Å². The zero-order chi connectivity index (χ0) is 16.4. The Morgan fingerprint density at radius 1 is 1.33 bits per heavy atom. The Labute approximate surface area is 121 Å². The van der Waals surface area contributed by atoms with Crippen molar-refractivity contribution in [1.29, 1.82) is 0 Å². The third-order valence-electron chi connectivity index (χ3n) is 2.95. The van der Waals surface area contributed by atoms with Crippen molar-refractivity contribution in [3.63, 3.8) is 0 Å². The van der Waals surface area contributed by atoms with Crippen LogP contribution in [0.4, 0.5) is 0 Å². The molecule has 0 spiro atoms. The fourth-order valence-corrected chi connectivity index (χ4v) is 3.23. The monoisotopic (exact) mass is 320 g/mol. The van der Waals surface area contributed by atoms with E-state index < -0.39 is 40.3 Å². The number of carboxylic acid groups (broad SMARTS) is 2. The molecule has 0 saturated heterocycles. The molecule has 1 rings (SSSR count). The molecule has 118 valence electrons. The highest BCUT2D eigenvalue weighted by molar-refractivity contribution is 7.89. The molecule has 3 N–H and O–H groups in total. The van der Waals surface area contributed by atoms with Crippen LogP contribution < -0.4 is 4.72 Å². The Morgan fingerprint density at radius 2 is 1.90 bits per heavy atom. The highest BCUT2D eigenvalue weighted by atomic mass is 32.2. The van der Waals surface area contributed by atoms with Gasteiger partial charge >= 0.3 is 11.9 Å². The van der Waals surface area contributed by atoms with Crippen molar-refractivity contribution in [3.05, 3.63) is 11.5 Å². The SMILES string of the molecule is Cc1noc(C)c1S(=O)(=O)NCC(C)(CC(=O)O)C(=O)O. The van der Waals surface area contributed by atoms with E-state index in [4.69, 9.17) is 14.7 Å². The fraction of sp³-hybridized carbons (Fsp3) is 0.545. The number of rotatable bonds is 7. The Hall–Kier alpha value is -1.94. The number of aryl methyl sites for hydroxylation is 2. The van der Waals surface area contributed by atoms with E-state index in [-0.39, 0.29) is 16.3 Å². The smallest absolute Gasteiger partial charge is 0.311 e.